The normalized spacial score (nSPS) is 12.1. The summed E-state index contributed by atoms with van der Waals surface area (Å²) in [5.74, 6) is 1.16. The lowest BCUT2D eigenvalue weighted by Crippen LogP contribution is -2.21. The largest absolute Gasteiger partial charge is 0.416 e. The van der Waals surface area contributed by atoms with Crippen LogP contribution in [0.4, 0.5) is 35.3 Å². The number of nitrogens with zero attached hydrogens (tertiary/aromatic N) is 6. The van der Waals surface area contributed by atoms with Crippen molar-refractivity contribution in [1.82, 2.24) is 29.3 Å². The summed E-state index contributed by atoms with van der Waals surface area (Å²) in [5.41, 5.74) is 7.73. The topological polar surface area (TPSA) is 129 Å². The van der Waals surface area contributed by atoms with Crippen molar-refractivity contribution >= 4 is 34.5 Å². The fourth-order valence-electron chi connectivity index (χ4n) is 4.15. The fourth-order valence-corrected chi connectivity index (χ4v) is 4.15. The smallest absolute Gasteiger partial charge is 0.382 e. The van der Waals surface area contributed by atoms with E-state index in [0.717, 1.165) is 17.8 Å². The molecule has 40 heavy (non-hydrogen) atoms. The number of nitrogen functional groups attached to an aromatic ring is 1. The van der Waals surface area contributed by atoms with Gasteiger partial charge in [-0.25, -0.2) is 24.4 Å². The molecule has 3 heterocycles. The number of hydrogen-bond donors (Lipinski definition) is 3. The summed E-state index contributed by atoms with van der Waals surface area (Å²) >= 11 is 0. The van der Waals surface area contributed by atoms with Crippen LogP contribution in [0.15, 0.2) is 60.9 Å². The molecule has 0 atom stereocenters. The first-order valence-electron chi connectivity index (χ1n) is 12.2. The Morgan fingerprint density at radius 3 is 2.35 bits per heavy atom. The minimum atomic E-state index is -4.52. The van der Waals surface area contributed by atoms with Crippen LogP contribution >= 0.6 is 0 Å². The van der Waals surface area contributed by atoms with E-state index in [1.54, 1.807) is 30.3 Å². The standard InChI is InChI=1S/C27H26F3N9O/c1-15-34-22-23(31)32-14-33-24(22)38(15)18-10-8-17(9-11-18)35-25(40)36-21-13-20(26(2,3)4)37-39(21)19-7-5-6-16(12-19)27(28,29)30/h5-14H,1-4H3,(H2,31,32,33)(H2,35,36,40). The van der Waals surface area contributed by atoms with Gasteiger partial charge in [0.1, 0.15) is 18.0 Å². The molecule has 0 aliphatic heterocycles. The number of carbonyl (C=O) groups is 1. The number of alkyl halides is 3. The third-order valence-corrected chi connectivity index (χ3v) is 6.16. The van der Waals surface area contributed by atoms with E-state index in [1.165, 1.54) is 23.1 Å². The molecule has 0 aliphatic rings. The number of rotatable bonds is 4. The molecule has 4 N–H and O–H groups in total. The lowest BCUT2D eigenvalue weighted by molar-refractivity contribution is -0.137. The summed E-state index contributed by atoms with van der Waals surface area (Å²) in [7, 11) is 0. The van der Waals surface area contributed by atoms with Crippen LogP contribution in [-0.4, -0.2) is 35.3 Å². The Labute approximate surface area is 227 Å². The van der Waals surface area contributed by atoms with Crippen molar-refractivity contribution in [2.75, 3.05) is 16.4 Å². The Balaban J connectivity index is 1.39. The zero-order chi connectivity index (χ0) is 28.8. The molecule has 0 saturated carbocycles. The Hall–Kier alpha value is -4.94. The molecular formula is C27H26F3N9O. The van der Waals surface area contributed by atoms with Crippen molar-refractivity contribution in [2.24, 2.45) is 0 Å². The molecule has 2 aromatic carbocycles. The van der Waals surface area contributed by atoms with Crippen LogP contribution in [0, 0.1) is 6.92 Å². The molecule has 10 nitrogen and oxygen atoms in total. The number of nitrogens with two attached hydrogens (primary N) is 1. The molecule has 5 aromatic rings. The van der Waals surface area contributed by atoms with Crippen LogP contribution in [0.2, 0.25) is 0 Å². The van der Waals surface area contributed by atoms with E-state index in [4.69, 9.17) is 5.73 Å². The van der Waals surface area contributed by atoms with Crippen molar-refractivity contribution in [3.8, 4) is 11.4 Å². The molecule has 0 fully saturated rings. The molecule has 2 amide bonds. The zero-order valence-corrected chi connectivity index (χ0v) is 22.1. The molecule has 0 saturated heterocycles. The van der Waals surface area contributed by atoms with Gasteiger partial charge in [0.15, 0.2) is 17.0 Å². The molecule has 13 heteroatoms. The number of benzene rings is 2. The highest BCUT2D eigenvalue weighted by Crippen LogP contribution is 2.32. The van der Waals surface area contributed by atoms with Gasteiger partial charge in [0.2, 0.25) is 0 Å². The highest BCUT2D eigenvalue weighted by Gasteiger charge is 2.31. The predicted molar refractivity (Wildman–Crippen MR) is 146 cm³/mol. The van der Waals surface area contributed by atoms with Crippen LogP contribution in [-0.2, 0) is 11.6 Å². The van der Waals surface area contributed by atoms with Gasteiger partial charge in [-0.2, -0.15) is 18.3 Å². The molecule has 0 aliphatic carbocycles. The third-order valence-electron chi connectivity index (χ3n) is 6.16. The van der Waals surface area contributed by atoms with E-state index >= 15 is 0 Å². The third kappa shape index (κ3) is 5.17. The Bertz CT molecular complexity index is 1710. The number of imidazole rings is 1. The highest BCUT2D eigenvalue weighted by molar-refractivity contribution is 5.99. The summed E-state index contributed by atoms with van der Waals surface area (Å²) in [5, 5.41) is 9.95. The number of halogens is 3. The number of anilines is 3. The van der Waals surface area contributed by atoms with Crippen molar-refractivity contribution in [1.29, 1.82) is 0 Å². The number of nitrogens with one attached hydrogen (secondary N) is 2. The Morgan fingerprint density at radius 1 is 0.950 bits per heavy atom. The summed E-state index contributed by atoms with van der Waals surface area (Å²) in [6.45, 7) is 7.58. The number of amides is 2. The lowest BCUT2D eigenvalue weighted by Gasteiger charge is -2.14. The summed E-state index contributed by atoms with van der Waals surface area (Å²) in [6, 6.07) is 12.8. The number of hydrogen-bond acceptors (Lipinski definition) is 6. The molecular weight excluding hydrogens is 523 g/mol. The SMILES string of the molecule is Cc1nc2c(N)ncnc2n1-c1ccc(NC(=O)Nc2cc(C(C)(C)C)nn2-c2cccc(C(F)(F)F)c2)cc1. The van der Waals surface area contributed by atoms with E-state index in [0.29, 0.717) is 28.4 Å². The van der Waals surface area contributed by atoms with Crippen LogP contribution < -0.4 is 16.4 Å². The average molecular weight is 550 g/mol. The fraction of sp³-hybridized carbons (Fsp3) is 0.222. The second-order valence-corrected chi connectivity index (χ2v) is 10.2. The maximum Gasteiger partial charge on any atom is 0.416 e. The van der Waals surface area contributed by atoms with E-state index in [2.05, 4.69) is 30.7 Å². The number of aromatic nitrogens is 6. The van der Waals surface area contributed by atoms with Gasteiger partial charge in [-0.3, -0.25) is 9.88 Å². The quantitative estimate of drug-likeness (QED) is 0.258. The first-order valence-corrected chi connectivity index (χ1v) is 12.2. The molecule has 0 bridgehead atoms. The van der Waals surface area contributed by atoms with Crippen LogP contribution in [0.5, 0.6) is 0 Å². The van der Waals surface area contributed by atoms with Crippen molar-refractivity contribution in [3.63, 3.8) is 0 Å². The van der Waals surface area contributed by atoms with E-state index < -0.39 is 23.2 Å². The maximum absolute atomic E-state index is 13.3. The van der Waals surface area contributed by atoms with Crippen LogP contribution in [0.1, 0.15) is 37.9 Å². The van der Waals surface area contributed by atoms with E-state index in [-0.39, 0.29) is 17.3 Å². The second-order valence-electron chi connectivity index (χ2n) is 10.2. The Morgan fingerprint density at radius 2 is 1.68 bits per heavy atom. The number of carbonyl (C=O) groups excluding carboxylic acids is 1. The first-order chi connectivity index (χ1) is 18.8. The minimum absolute atomic E-state index is 0.164. The van der Waals surface area contributed by atoms with Gasteiger partial charge >= 0.3 is 12.2 Å². The Kier molecular flexibility index (Phi) is 6.44. The summed E-state index contributed by atoms with van der Waals surface area (Å²) < 4.78 is 43.1. The summed E-state index contributed by atoms with van der Waals surface area (Å²) in [6.07, 6.45) is -3.15. The van der Waals surface area contributed by atoms with Gasteiger partial charge in [0.05, 0.1) is 16.9 Å². The average Bonchev–Trinajstić information content (AvgIpc) is 3.46. The van der Waals surface area contributed by atoms with E-state index in [9.17, 15) is 18.0 Å². The summed E-state index contributed by atoms with van der Waals surface area (Å²) in [4.78, 5) is 25.6. The van der Waals surface area contributed by atoms with Gasteiger partial charge in [0.25, 0.3) is 0 Å². The number of fused-ring (bicyclic) bond motifs is 1. The van der Waals surface area contributed by atoms with Gasteiger partial charge in [-0.05, 0) is 49.4 Å². The van der Waals surface area contributed by atoms with Crippen molar-refractivity contribution in [3.05, 3.63) is 78.0 Å². The minimum Gasteiger partial charge on any atom is -0.382 e. The molecule has 0 spiro atoms. The van der Waals surface area contributed by atoms with Gasteiger partial charge in [-0.15, -0.1) is 0 Å². The predicted octanol–water partition coefficient (Wildman–Crippen LogP) is 5.85. The van der Waals surface area contributed by atoms with Crippen LogP contribution in [0.25, 0.3) is 22.5 Å². The first kappa shape index (κ1) is 26.7. The number of urea groups is 1. The van der Waals surface area contributed by atoms with Crippen LogP contribution in [0.3, 0.4) is 0 Å². The monoisotopic (exact) mass is 549 g/mol. The van der Waals surface area contributed by atoms with Gasteiger partial charge in [-0.1, -0.05) is 26.8 Å². The highest BCUT2D eigenvalue weighted by atomic mass is 19.4. The number of aryl methyl sites for hydroxylation is 1. The van der Waals surface area contributed by atoms with E-state index in [1.807, 2.05) is 32.3 Å². The molecule has 5 rings (SSSR count). The second kappa shape index (κ2) is 9.67. The van der Waals surface area contributed by atoms with Crippen molar-refractivity contribution in [2.45, 2.75) is 39.3 Å². The molecule has 0 unspecified atom stereocenters. The molecule has 0 radical (unpaired) electrons. The molecule has 3 aromatic heterocycles. The van der Waals surface area contributed by atoms with Gasteiger partial charge < -0.3 is 11.1 Å². The maximum atomic E-state index is 13.3. The van der Waals surface area contributed by atoms with Crippen molar-refractivity contribution < 1.29 is 18.0 Å². The van der Waals surface area contributed by atoms with Gasteiger partial charge in [0, 0.05) is 22.9 Å². The lowest BCUT2D eigenvalue weighted by atomic mass is 9.92. The molecule has 206 valence electrons. The zero-order valence-electron chi connectivity index (χ0n) is 22.1.